The van der Waals surface area contributed by atoms with Crippen LogP contribution in [-0.2, 0) is 0 Å². The second-order valence-electron chi connectivity index (χ2n) is 4.98. The minimum atomic E-state index is -0.484. The summed E-state index contributed by atoms with van der Waals surface area (Å²) >= 11 is 0. The quantitative estimate of drug-likeness (QED) is 0.585. The first-order chi connectivity index (χ1) is 11.6. The molecular formula is C17H11N5O2. The predicted molar refractivity (Wildman–Crippen MR) is 88.7 cm³/mol. The van der Waals surface area contributed by atoms with Gasteiger partial charge < -0.3 is 5.73 Å². The Balaban J connectivity index is 2.23. The van der Waals surface area contributed by atoms with Crippen molar-refractivity contribution in [3.8, 4) is 28.5 Å². The molecule has 0 aliphatic heterocycles. The van der Waals surface area contributed by atoms with Crippen molar-refractivity contribution >= 4 is 11.5 Å². The molecule has 3 aromatic rings. The van der Waals surface area contributed by atoms with Crippen molar-refractivity contribution in [3.05, 3.63) is 70.5 Å². The average molecular weight is 317 g/mol. The molecule has 7 nitrogen and oxygen atoms in total. The summed E-state index contributed by atoms with van der Waals surface area (Å²) in [5.74, 6) is 0.0698. The standard InChI is InChI=1S/C17H11N5O2/c18-9-15-14(11-3-1-5-13(7-11)22(23)24)8-16(21-17(15)19)12-4-2-6-20-10-12/h1-8,10H,(H2,19,21). The molecule has 0 aliphatic rings. The maximum atomic E-state index is 11.0. The van der Waals surface area contributed by atoms with Gasteiger partial charge in [-0.2, -0.15) is 5.26 Å². The van der Waals surface area contributed by atoms with Crippen LogP contribution >= 0.6 is 0 Å². The molecular weight excluding hydrogens is 306 g/mol. The number of pyridine rings is 2. The summed E-state index contributed by atoms with van der Waals surface area (Å²) in [6.45, 7) is 0. The number of nitrogens with two attached hydrogens (primary N) is 1. The van der Waals surface area contributed by atoms with E-state index in [0.29, 0.717) is 16.8 Å². The molecule has 0 aliphatic carbocycles. The highest BCUT2D eigenvalue weighted by atomic mass is 16.6. The monoisotopic (exact) mass is 317 g/mol. The third-order valence-electron chi connectivity index (χ3n) is 3.48. The third-order valence-corrected chi connectivity index (χ3v) is 3.48. The lowest BCUT2D eigenvalue weighted by atomic mass is 9.98. The van der Waals surface area contributed by atoms with E-state index in [-0.39, 0.29) is 17.1 Å². The van der Waals surface area contributed by atoms with E-state index in [4.69, 9.17) is 5.73 Å². The fraction of sp³-hybridized carbons (Fsp3) is 0. The number of hydrogen-bond acceptors (Lipinski definition) is 6. The molecule has 2 heterocycles. The second kappa shape index (κ2) is 6.14. The summed E-state index contributed by atoms with van der Waals surface area (Å²) in [4.78, 5) is 18.8. The second-order valence-corrected chi connectivity index (χ2v) is 4.98. The van der Waals surface area contributed by atoms with Gasteiger partial charge in [0.15, 0.2) is 0 Å². The van der Waals surface area contributed by atoms with Crippen LogP contribution in [0.5, 0.6) is 0 Å². The zero-order valence-corrected chi connectivity index (χ0v) is 12.4. The number of nitro benzene ring substituents is 1. The maximum absolute atomic E-state index is 11.0. The molecule has 0 unspecified atom stereocenters. The molecule has 0 spiro atoms. The zero-order valence-electron chi connectivity index (χ0n) is 12.4. The minimum Gasteiger partial charge on any atom is -0.383 e. The lowest BCUT2D eigenvalue weighted by molar-refractivity contribution is -0.384. The molecule has 7 heteroatoms. The lowest BCUT2D eigenvalue weighted by Crippen LogP contribution is -2.00. The molecule has 0 radical (unpaired) electrons. The van der Waals surface area contributed by atoms with Gasteiger partial charge in [0.1, 0.15) is 17.5 Å². The summed E-state index contributed by atoms with van der Waals surface area (Å²) < 4.78 is 0. The van der Waals surface area contributed by atoms with E-state index in [9.17, 15) is 15.4 Å². The normalized spacial score (nSPS) is 10.1. The van der Waals surface area contributed by atoms with Crippen molar-refractivity contribution in [2.24, 2.45) is 0 Å². The van der Waals surface area contributed by atoms with Crippen molar-refractivity contribution in [2.75, 3.05) is 5.73 Å². The number of non-ortho nitro benzene ring substituents is 1. The van der Waals surface area contributed by atoms with E-state index in [1.165, 1.54) is 12.1 Å². The fourth-order valence-corrected chi connectivity index (χ4v) is 2.36. The Kier molecular flexibility index (Phi) is 3.87. The van der Waals surface area contributed by atoms with Crippen LogP contribution < -0.4 is 5.73 Å². The summed E-state index contributed by atoms with van der Waals surface area (Å²) in [6.07, 6.45) is 3.27. The number of nitro groups is 1. The number of benzene rings is 1. The molecule has 2 N–H and O–H groups in total. The topological polar surface area (TPSA) is 119 Å². The van der Waals surface area contributed by atoms with Crippen molar-refractivity contribution in [1.82, 2.24) is 9.97 Å². The van der Waals surface area contributed by atoms with Crippen LogP contribution in [0.3, 0.4) is 0 Å². The number of nitrogens with zero attached hydrogens (tertiary/aromatic N) is 4. The molecule has 3 rings (SSSR count). The van der Waals surface area contributed by atoms with E-state index in [1.807, 2.05) is 12.1 Å². The van der Waals surface area contributed by atoms with Crippen LogP contribution in [0, 0.1) is 21.4 Å². The number of nitrogen functional groups attached to an aromatic ring is 1. The van der Waals surface area contributed by atoms with Crippen molar-refractivity contribution in [3.63, 3.8) is 0 Å². The molecule has 0 amide bonds. The largest absolute Gasteiger partial charge is 0.383 e. The number of aromatic nitrogens is 2. The average Bonchev–Trinajstić information content (AvgIpc) is 2.62. The Morgan fingerprint density at radius 3 is 2.62 bits per heavy atom. The summed E-state index contributed by atoms with van der Waals surface area (Å²) in [6, 6.07) is 13.3. The Labute approximate surface area is 137 Å². The lowest BCUT2D eigenvalue weighted by Gasteiger charge is -2.10. The molecule has 0 fully saturated rings. The first-order valence-electron chi connectivity index (χ1n) is 6.96. The van der Waals surface area contributed by atoms with E-state index in [0.717, 1.165) is 5.56 Å². The van der Waals surface area contributed by atoms with Gasteiger partial charge in [0.2, 0.25) is 0 Å². The van der Waals surface area contributed by atoms with Crippen LogP contribution in [0.15, 0.2) is 54.9 Å². The van der Waals surface area contributed by atoms with Crippen molar-refractivity contribution in [2.45, 2.75) is 0 Å². The van der Waals surface area contributed by atoms with Gasteiger partial charge >= 0.3 is 0 Å². The SMILES string of the molecule is N#Cc1c(-c2cccc([N+](=O)[O-])c2)cc(-c2cccnc2)nc1N. The Morgan fingerprint density at radius 2 is 1.96 bits per heavy atom. The molecule has 0 saturated carbocycles. The molecule has 0 atom stereocenters. The smallest absolute Gasteiger partial charge is 0.270 e. The van der Waals surface area contributed by atoms with E-state index >= 15 is 0 Å². The molecule has 116 valence electrons. The molecule has 1 aromatic carbocycles. The van der Waals surface area contributed by atoms with Crippen LogP contribution in [0.4, 0.5) is 11.5 Å². The van der Waals surface area contributed by atoms with Crippen LogP contribution in [-0.4, -0.2) is 14.9 Å². The van der Waals surface area contributed by atoms with Gasteiger partial charge in [-0.15, -0.1) is 0 Å². The Bertz CT molecular complexity index is 964. The maximum Gasteiger partial charge on any atom is 0.270 e. The van der Waals surface area contributed by atoms with Gasteiger partial charge in [-0.3, -0.25) is 15.1 Å². The zero-order chi connectivity index (χ0) is 17.1. The number of nitriles is 1. The van der Waals surface area contributed by atoms with Gasteiger partial charge in [-0.25, -0.2) is 4.98 Å². The molecule has 24 heavy (non-hydrogen) atoms. The molecule has 2 aromatic heterocycles. The van der Waals surface area contributed by atoms with E-state index in [2.05, 4.69) is 9.97 Å². The van der Waals surface area contributed by atoms with Gasteiger partial charge in [0, 0.05) is 35.7 Å². The van der Waals surface area contributed by atoms with Crippen LogP contribution in [0.1, 0.15) is 5.56 Å². The minimum absolute atomic E-state index is 0.0605. The van der Waals surface area contributed by atoms with E-state index in [1.54, 1.807) is 36.7 Å². The first-order valence-corrected chi connectivity index (χ1v) is 6.96. The summed E-state index contributed by atoms with van der Waals surface area (Å²) in [5, 5.41) is 20.4. The van der Waals surface area contributed by atoms with Gasteiger partial charge in [0.25, 0.3) is 5.69 Å². The fourth-order valence-electron chi connectivity index (χ4n) is 2.36. The van der Waals surface area contributed by atoms with Gasteiger partial charge in [0.05, 0.1) is 10.6 Å². The highest BCUT2D eigenvalue weighted by Gasteiger charge is 2.15. The molecule has 0 bridgehead atoms. The highest BCUT2D eigenvalue weighted by molar-refractivity contribution is 5.80. The highest BCUT2D eigenvalue weighted by Crippen LogP contribution is 2.32. The van der Waals surface area contributed by atoms with E-state index < -0.39 is 4.92 Å². The van der Waals surface area contributed by atoms with Crippen LogP contribution in [0.25, 0.3) is 22.4 Å². The summed E-state index contributed by atoms with van der Waals surface area (Å²) in [5.41, 5.74) is 8.34. The Hall–Kier alpha value is -3.79. The third kappa shape index (κ3) is 2.76. The number of rotatable bonds is 3. The van der Waals surface area contributed by atoms with Crippen molar-refractivity contribution in [1.29, 1.82) is 5.26 Å². The van der Waals surface area contributed by atoms with Gasteiger partial charge in [-0.05, 0) is 23.8 Å². The van der Waals surface area contributed by atoms with Crippen LogP contribution in [0.2, 0.25) is 0 Å². The van der Waals surface area contributed by atoms with Gasteiger partial charge in [-0.1, -0.05) is 12.1 Å². The Morgan fingerprint density at radius 1 is 1.17 bits per heavy atom. The summed E-state index contributed by atoms with van der Waals surface area (Å²) in [7, 11) is 0. The number of hydrogen-bond donors (Lipinski definition) is 1. The predicted octanol–water partition coefficient (Wildman–Crippen LogP) is 3.17. The van der Waals surface area contributed by atoms with Crippen molar-refractivity contribution < 1.29 is 4.92 Å². The number of anilines is 1. The molecule has 0 saturated heterocycles. The first kappa shape index (κ1) is 15.1.